The van der Waals surface area contributed by atoms with E-state index in [1.54, 1.807) is 6.92 Å². The largest absolute Gasteiger partial charge is 0.392 e. The molecule has 0 aromatic rings. The Morgan fingerprint density at radius 1 is 1.50 bits per heavy atom. The van der Waals surface area contributed by atoms with Crippen LogP contribution in [0.15, 0.2) is 0 Å². The molecule has 0 aliphatic heterocycles. The Bertz CT molecular complexity index is 350. The molecule has 1 fully saturated rings. The van der Waals surface area contributed by atoms with Crippen LogP contribution in [0.5, 0.6) is 0 Å². The van der Waals surface area contributed by atoms with Gasteiger partial charge in [-0.15, -0.1) is 0 Å². The van der Waals surface area contributed by atoms with Gasteiger partial charge >= 0.3 is 0 Å². The molecule has 1 rings (SSSR count). The Morgan fingerprint density at radius 2 is 2.06 bits per heavy atom. The molecule has 0 aromatic carbocycles. The fourth-order valence-electron chi connectivity index (χ4n) is 1.74. The lowest BCUT2D eigenvalue weighted by Crippen LogP contribution is -2.45. The summed E-state index contributed by atoms with van der Waals surface area (Å²) in [6.07, 6.45) is 2.71. The van der Waals surface area contributed by atoms with Gasteiger partial charge in [-0.2, -0.15) is 0 Å². The molecule has 94 valence electrons. The fourth-order valence-corrected chi connectivity index (χ4v) is 4.12. The molecule has 0 heterocycles. The first-order chi connectivity index (χ1) is 7.43. The van der Waals surface area contributed by atoms with E-state index in [4.69, 9.17) is 18.0 Å². The highest BCUT2D eigenvalue weighted by atomic mass is 32.2. The number of nitrogens with two attached hydrogens (primary N) is 1. The number of hydrogen-bond donors (Lipinski definition) is 1. The first kappa shape index (κ1) is 13.9. The van der Waals surface area contributed by atoms with Crippen LogP contribution in [0.25, 0.3) is 0 Å². The van der Waals surface area contributed by atoms with Crippen LogP contribution in [0.1, 0.15) is 33.1 Å². The summed E-state index contributed by atoms with van der Waals surface area (Å²) in [5, 5.41) is -0.707. The lowest BCUT2D eigenvalue weighted by molar-refractivity contribution is 0.408. The molecule has 6 heteroatoms. The van der Waals surface area contributed by atoms with Crippen molar-refractivity contribution in [2.45, 2.75) is 38.4 Å². The Hall–Kier alpha value is -0.200. The highest BCUT2D eigenvalue weighted by Crippen LogP contribution is 2.31. The van der Waals surface area contributed by atoms with E-state index in [0.29, 0.717) is 25.4 Å². The van der Waals surface area contributed by atoms with Gasteiger partial charge in [0.15, 0.2) is 0 Å². The third-order valence-electron chi connectivity index (χ3n) is 2.92. The van der Waals surface area contributed by atoms with Gasteiger partial charge in [0.05, 0.1) is 4.99 Å². The molecule has 0 spiro atoms. The minimum atomic E-state index is -3.35. The monoisotopic (exact) mass is 264 g/mol. The number of thiocarbonyl (C=S) groups is 1. The minimum absolute atomic E-state index is 0.0803. The fraction of sp³-hybridized carbons (Fsp3) is 0.900. The maximum absolute atomic E-state index is 12.3. The van der Waals surface area contributed by atoms with Gasteiger partial charge in [0.2, 0.25) is 10.0 Å². The molecule has 0 amide bonds. The summed E-state index contributed by atoms with van der Waals surface area (Å²) >= 11 is 4.83. The standard InChI is InChI=1S/C10H20N2O2S2/c1-3-9(10(11)15)16(13,14)12(4-2)7-8-5-6-8/h8-9H,3-7H2,1-2H3,(H2,11,15). The van der Waals surface area contributed by atoms with Crippen molar-refractivity contribution in [3.05, 3.63) is 0 Å². The summed E-state index contributed by atoms with van der Waals surface area (Å²) < 4.78 is 26.0. The lowest BCUT2D eigenvalue weighted by atomic mass is 10.3. The molecular formula is C10H20N2O2S2. The molecule has 1 saturated carbocycles. The molecule has 0 saturated heterocycles. The van der Waals surface area contributed by atoms with Crippen molar-refractivity contribution in [3.8, 4) is 0 Å². The third kappa shape index (κ3) is 3.15. The topological polar surface area (TPSA) is 63.4 Å². The summed E-state index contributed by atoms with van der Waals surface area (Å²) in [5.41, 5.74) is 5.50. The molecule has 0 aromatic heterocycles. The molecule has 1 atom stereocenters. The Morgan fingerprint density at radius 3 is 2.38 bits per heavy atom. The van der Waals surface area contributed by atoms with Gasteiger partial charge in [0.25, 0.3) is 0 Å². The van der Waals surface area contributed by atoms with Crippen LogP contribution in [0.4, 0.5) is 0 Å². The maximum Gasteiger partial charge on any atom is 0.223 e. The van der Waals surface area contributed by atoms with Gasteiger partial charge in [-0.3, -0.25) is 0 Å². The lowest BCUT2D eigenvalue weighted by Gasteiger charge is -2.25. The zero-order chi connectivity index (χ0) is 12.3. The maximum atomic E-state index is 12.3. The van der Waals surface area contributed by atoms with E-state index >= 15 is 0 Å². The van der Waals surface area contributed by atoms with Crippen LogP contribution in [0.3, 0.4) is 0 Å². The summed E-state index contributed by atoms with van der Waals surface area (Å²) in [6.45, 7) is 4.77. The summed E-state index contributed by atoms with van der Waals surface area (Å²) in [5.74, 6) is 0.540. The van der Waals surface area contributed by atoms with Crippen molar-refractivity contribution in [2.75, 3.05) is 13.1 Å². The number of nitrogens with zero attached hydrogens (tertiary/aromatic N) is 1. The van der Waals surface area contributed by atoms with E-state index in [2.05, 4.69) is 0 Å². The van der Waals surface area contributed by atoms with Crippen LogP contribution in [0.2, 0.25) is 0 Å². The first-order valence-electron chi connectivity index (χ1n) is 5.71. The molecular weight excluding hydrogens is 244 g/mol. The number of sulfonamides is 1. The second kappa shape index (κ2) is 5.42. The molecule has 1 unspecified atom stereocenters. The Labute approximate surface area is 103 Å². The van der Waals surface area contributed by atoms with Crippen molar-refractivity contribution in [1.29, 1.82) is 0 Å². The van der Waals surface area contributed by atoms with Crippen molar-refractivity contribution >= 4 is 27.2 Å². The van der Waals surface area contributed by atoms with Gasteiger partial charge in [-0.1, -0.05) is 26.1 Å². The summed E-state index contributed by atoms with van der Waals surface area (Å²) in [7, 11) is -3.35. The van der Waals surface area contributed by atoms with Crippen LogP contribution in [0, 0.1) is 5.92 Å². The van der Waals surface area contributed by atoms with Crippen molar-refractivity contribution in [1.82, 2.24) is 4.31 Å². The highest BCUT2D eigenvalue weighted by molar-refractivity contribution is 7.92. The van der Waals surface area contributed by atoms with E-state index in [9.17, 15) is 8.42 Å². The molecule has 2 N–H and O–H groups in total. The zero-order valence-corrected chi connectivity index (χ0v) is 11.5. The molecule has 16 heavy (non-hydrogen) atoms. The molecule has 0 bridgehead atoms. The van der Waals surface area contributed by atoms with Crippen molar-refractivity contribution in [2.24, 2.45) is 11.7 Å². The van der Waals surface area contributed by atoms with Crippen LogP contribution >= 0.6 is 12.2 Å². The second-order valence-electron chi connectivity index (χ2n) is 4.24. The van der Waals surface area contributed by atoms with E-state index in [1.807, 2.05) is 6.92 Å². The molecule has 0 radical (unpaired) electrons. The average Bonchev–Trinajstić information content (AvgIpc) is 2.97. The van der Waals surface area contributed by atoms with Crippen LogP contribution in [-0.2, 0) is 10.0 Å². The average molecular weight is 264 g/mol. The van der Waals surface area contributed by atoms with Gasteiger partial charge in [0, 0.05) is 13.1 Å². The highest BCUT2D eigenvalue weighted by Gasteiger charge is 2.35. The normalized spacial score (nSPS) is 18.7. The van der Waals surface area contributed by atoms with E-state index in [-0.39, 0.29) is 4.99 Å². The van der Waals surface area contributed by atoms with Crippen LogP contribution < -0.4 is 5.73 Å². The molecule has 1 aliphatic carbocycles. The van der Waals surface area contributed by atoms with Gasteiger partial charge < -0.3 is 5.73 Å². The summed E-state index contributed by atoms with van der Waals surface area (Å²) in [4.78, 5) is 0.0803. The quantitative estimate of drug-likeness (QED) is 0.700. The van der Waals surface area contributed by atoms with Gasteiger partial charge in [-0.25, -0.2) is 12.7 Å². The number of rotatable bonds is 7. The van der Waals surface area contributed by atoms with Crippen molar-refractivity contribution < 1.29 is 8.42 Å². The second-order valence-corrected chi connectivity index (χ2v) is 6.82. The zero-order valence-electron chi connectivity index (χ0n) is 9.85. The predicted octanol–water partition coefficient (Wildman–Crippen LogP) is 1.11. The van der Waals surface area contributed by atoms with E-state index in [1.165, 1.54) is 4.31 Å². The summed E-state index contributed by atoms with van der Waals surface area (Å²) in [6, 6.07) is 0. The third-order valence-corrected chi connectivity index (χ3v) is 5.79. The Balaban J connectivity index is 2.82. The first-order valence-corrected chi connectivity index (χ1v) is 7.62. The van der Waals surface area contributed by atoms with Crippen molar-refractivity contribution in [3.63, 3.8) is 0 Å². The predicted molar refractivity (Wildman–Crippen MR) is 69.8 cm³/mol. The van der Waals surface area contributed by atoms with Crippen LogP contribution in [-0.4, -0.2) is 36.1 Å². The molecule has 1 aliphatic rings. The van der Waals surface area contributed by atoms with E-state index in [0.717, 1.165) is 12.8 Å². The van der Waals surface area contributed by atoms with Gasteiger partial charge in [-0.05, 0) is 25.2 Å². The SMILES string of the molecule is CCC(C(N)=S)S(=O)(=O)N(CC)CC1CC1. The van der Waals surface area contributed by atoms with E-state index < -0.39 is 15.3 Å². The number of hydrogen-bond acceptors (Lipinski definition) is 3. The molecule has 4 nitrogen and oxygen atoms in total. The Kier molecular flexibility index (Phi) is 4.70. The smallest absolute Gasteiger partial charge is 0.223 e. The van der Waals surface area contributed by atoms with Gasteiger partial charge in [0.1, 0.15) is 5.25 Å². The minimum Gasteiger partial charge on any atom is -0.392 e.